The van der Waals surface area contributed by atoms with E-state index in [-0.39, 0.29) is 27.5 Å². The van der Waals surface area contributed by atoms with Gasteiger partial charge in [0.25, 0.3) is 5.56 Å². The maximum atomic E-state index is 15.0. The minimum absolute atomic E-state index is 0.0369. The number of benzene rings is 2. The van der Waals surface area contributed by atoms with E-state index in [1.165, 1.54) is 35.2 Å². The Hall–Kier alpha value is -4.48. The molecule has 12 heteroatoms. The Morgan fingerprint density at radius 1 is 1.22 bits per heavy atom. The summed E-state index contributed by atoms with van der Waals surface area (Å²) in [5, 5.41) is 12.5. The molecule has 1 atom stereocenters. The number of carbonyl (C=O) groups is 2. The molecule has 0 bridgehead atoms. The summed E-state index contributed by atoms with van der Waals surface area (Å²) in [5.41, 5.74) is 4.03. The van der Waals surface area contributed by atoms with Gasteiger partial charge in [0, 0.05) is 33.9 Å². The number of aromatic amines is 1. The van der Waals surface area contributed by atoms with Crippen molar-refractivity contribution in [2.75, 3.05) is 5.32 Å². The summed E-state index contributed by atoms with van der Waals surface area (Å²) in [6, 6.07) is 11.4. The number of pyridine rings is 1. The molecule has 1 aliphatic heterocycles. The zero-order valence-electron chi connectivity index (χ0n) is 19.1. The first-order chi connectivity index (χ1) is 17.8. The van der Waals surface area contributed by atoms with Crippen LogP contribution in [0.2, 0.25) is 5.02 Å². The van der Waals surface area contributed by atoms with E-state index in [2.05, 4.69) is 20.7 Å². The molecule has 0 radical (unpaired) electrons. The second-order valence-corrected chi connectivity index (χ2v) is 8.87. The minimum atomic E-state index is -1.09. The Morgan fingerprint density at radius 2 is 2.03 bits per heavy atom. The van der Waals surface area contributed by atoms with E-state index in [1.807, 2.05) is 0 Å². The molecule has 37 heavy (non-hydrogen) atoms. The molecule has 188 valence electrons. The number of amides is 1. The molecule has 10 nitrogen and oxygen atoms in total. The van der Waals surface area contributed by atoms with Gasteiger partial charge in [-0.25, -0.2) is 20.0 Å². The number of hydrazine groups is 1. The number of aromatic carboxylic acids is 1. The fraction of sp³-hybridized carbons (Fsp3) is 0.120. The fourth-order valence-electron chi connectivity index (χ4n) is 4.57. The number of anilines is 1. The highest BCUT2D eigenvalue weighted by Gasteiger charge is 2.30. The topological polar surface area (TPSA) is 155 Å². The van der Waals surface area contributed by atoms with Crippen LogP contribution >= 0.6 is 11.6 Å². The molecule has 0 saturated heterocycles. The first-order valence-electron chi connectivity index (χ1n) is 11.2. The number of carboxylic acids is 1. The number of aliphatic imine (C=N–C) groups is 1. The van der Waals surface area contributed by atoms with Crippen LogP contribution in [0, 0.1) is 5.82 Å². The van der Waals surface area contributed by atoms with Gasteiger partial charge >= 0.3 is 5.97 Å². The monoisotopic (exact) mass is 522 g/mol. The molecule has 0 spiro atoms. The zero-order chi connectivity index (χ0) is 26.3. The average molecular weight is 523 g/mol. The number of carboxylic acid groups (broad SMARTS) is 1. The lowest BCUT2D eigenvalue weighted by Gasteiger charge is -2.16. The molecule has 2 aromatic heterocycles. The van der Waals surface area contributed by atoms with E-state index in [0.29, 0.717) is 35.1 Å². The normalized spacial score (nSPS) is 14.7. The molecule has 3 heterocycles. The Kier molecular flexibility index (Phi) is 6.24. The molecular formula is C25H20ClFN6O4. The molecule has 0 fully saturated rings. The molecule has 1 aliphatic rings. The Bertz CT molecular complexity index is 1660. The third kappa shape index (κ3) is 4.46. The van der Waals surface area contributed by atoms with Crippen LogP contribution in [0.5, 0.6) is 0 Å². The largest absolute Gasteiger partial charge is 0.477 e. The maximum Gasteiger partial charge on any atom is 0.352 e. The summed E-state index contributed by atoms with van der Waals surface area (Å²) in [7, 11) is 0. The van der Waals surface area contributed by atoms with Crippen LogP contribution in [0.25, 0.3) is 22.0 Å². The van der Waals surface area contributed by atoms with Crippen molar-refractivity contribution in [3.63, 3.8) is 0 Å². The summed E-state index contributed by atoms with van der Waals surface area (Å²) in [6.45, 7) is 0. The van der Waals surface area contributed by atoms with Gasteiger partial charge in [-0.3, -0.25) is 9.59 Å². The van der Waals surface area contributed by atoms with Crippen LogP contribution < -0.4 is 22.1 Å². The van der Waals surface area contributed by atoms with E-state index in [0.717, 1.165) is 0 Å². The van der Waals surface area contributed by atoms with E-state index >= 15 is 0 Å². The fourth-order valence-corrected chi connectivity index (χ4v) is 4.73. The smallest absolute Gasteiger partial charge is 0.352 e. The predicted octanol–water partition coefficient (Wildman–Crippen LogP) is 3.74. The number of nitrogens with zero attached hydrogens (tertiary/aromatic N) is 2. The second kappa shape index (κ2) is 9.52. The van der Waals surface area contributed by atoms with Gasteiger partial charge in [-0.05, 0) is 60.9 Å². The molecule has 2 aromatic carbocycles. The number of H-pyrrole nitrogens is 1. The van der Waals surface area contributed by atoms with Gasteiger partial charge in [-0.1, -0.05) is 11.6 Å². The number of nitrogens with one attached hydrogen (secondary N) is 3. The van der Waals surface area contributed by atoms with E-state index in [4.69, 9.17) is 22.6 Å². The number of fused-ring (bicyclic) bond motifs is 2. The highest BCUT2D eigenvalue weighted by atomic mass is 35.5. The molecule has 4 aromatic rings. The molecule has 5 rings (SSSR count). The summed E-state index contributed by atoms with van der Waals surface area (Å²) in [5.74, 6) is 3.03. The van der Waals surface area contributed by atoms with Crippen molar-refractivity contribution in [1.82, 2.24) is 15.0 Å². The van der Waals surface area contributed by atoms with Gasteiger partial charge in [0.1, 0.15) is 18.1 Å². The van der Waals surface area contributed by atoms with Crippen molar-refractivity contribution in [3.8, 4) is 11.1 Å². The highest BCUT2D eigenvalue weighted by Crippen LogP contribution is 2.37. The van der Waals surface area contributed by atoms with Crippen LogP contribution in [0.15, 0.2) is 58.3 Å². The van der Waals surface area contributed by atoms with Gasteiger partial charge in [0.15, 0.2) is 5.82 Å². The molecule has 0 aliphatic carbocycles. The summed E-state index contributed by atoms with van der Waals surface area (Å²) in [4.78, 5) is 44.3. The quantitative estimate of drug-likeness (QED) is 0.112. The Balaban J connectivity index is 1.46. The highest BCUT2D eigenvalue weighted by molar-refractivity contribution is 6.31. The number of aryl methyl sites for hydroxylation is 1. The van der Waals surface area contributed by atoms with Crippen LogP contribution in [0.3, 0.4) is 0 Å². The number of aromatic nitrogens is 2. The number of hydrogen-bond donors (Lipinski definition) is 5. The second-order valence-electron chi connectivity index (χ2n) is 8.46. The standard InChI is InChI=1S/C25H20ClFN6O4/c26-16-3-5-18(29-11-30-28)22(23(16)27)13-8-15-2-6-20(33(15)21(34)10-13)24(35)31-14-1-4-17-12(7-14)9-19(32-17)25(36)37/h1,3-5,7-11,20,32H,2,6,28H2,(H,29,30)(H,31,35)(H,36,37)/t20-/m0/s1. The van der Waals surface area contributed by atoms with Crippen molar-refractivity contribution in [2.24, 2.45) is 10.8 Å². The number of hydrogen-bond acceptors (Lipinski definition) is 5. The first-order valence-corrected chi connectivity index (χ1v) is 11.5. The van der Waals surface area contributed by atoms with Gasteiger partial charge in [0.2, 0.25) is 5.91 Å². The lowest BCUT2D eigenvalue weighted by Crippen LogP contribution is -2.31. The van der Waals surface area contributed by atoms with Crippen LogP contribution in [0.1, 0.15) is 28.6 Å². The van der Waals surface area contributed by atoms with Crippen LogP contribution in [-0.4, -0.2) is 32.9 Å². The number of halogens is 2. The van der Waals surface area contributed by atoms with Gasteiger partial charge in [-0.2, -0.15) is 0 Å². The summed E-state index contributed by atoms with van der Waals surface area (Å²) >= 11 is 5.99. The van der Waals surface area contributed by atoms with Crippen LogP contribution in [0.4, 0.5) is 15.8 Å². The van der Waals surface area contributed by atoms with Crippen molar-refractivity contribution in [2.45, 2.75) is 18.9 Å². The third-order valence-electron chi connectivity index (χ3n) is 6.19. The predicted molar refractivity (Wildman–Crippen MR) is 138 cm³/mol. The summed E-state index contributed by atoms with van der Waals surface area (Å²) < 4.78 is 16.4. The SMILES string of the molecule is NNC=Nc1ccc(Cl)c(F)c1-c1cc2n(c(=O)c1)[C@H](C(=O)Nc1ccc3[nH]c(C(=O)O)cc3c1)CC2. The van der Waals surface area contributed by atoms with Gasteiger partial charge in [0.05, 0.1) is 10.7 Å². The molecule has 1 amide bonds. The van der Waals surface area contributed by atoms with Crippen molar-refractivity contribution < 1.29 is 19.1 Å². The average Bonchev–Trinajstić information content (AvgIpc) is 3.49. The third-order valence-corrected chi connectivity index (χ3v) is 6.49. The van der Waals surface area contributed by atoms with Crippen LogP contribution in [-0.2, 0) is 11.2 Å². The van der Waals surface area contributed by atoms with Gasteiger partial charge in [-0.15, -0.1) is 0 Å². The summed E-state index contributed by atoms with van der Waals surface area (Å²) in [6.07, 6.45) is 1.98. The molecule has 6 N–H and O–H groups in total. The van der Waals surface area contributed by atoms with E-state index in [9.17, 15) is 18.8 Å². The first kappa shape index (κ1) is 24.2. The molecule has 0 unspecified atom stereocenters. The van der Waals surface area contributed by atoms with Gasteiger partial charge < -0.3 is 25.4 Å². The maximum absolute atomic E-state index is 15.0. The number of rotatable bonds is 6. The van der Waals surface area contributed by atoms with Crippen molar-refractivity contribution in [1.29, 1.82) is 0 Å². The van der Waals surface area contributed by atoms with E-state index in [1.54, 1.807) is 24.3 Å². The Morgan fingerprint density at radius 3 is 2.78 bits per heavy atom. The molecule has 0 saturated carbocycles. The minimum Gasteiger partial charge on any atom is -0.477 e. The lowest BCUT2D eigenvalue weighted by molar-refractivity contribution is -0.119. The number of nitrogens with two attached hydrogens (primary N) is 1. The zero-order valence-corrected chi connectivity index (χ0v) is 19.8. The van der Waals surface area contributed by atoms with Crippen molar-refractivity contribution in [3.05, 3.63) is 81.1 Å². The molecular weight excluding hydrogens is 503 g/mol. The van der Waals surface area contributed by atoms with E-state index < -0.39 is 29.3 Å². The lowest BCUT2D eigenvalue weighted by atomic mass is 10.0. The number of carbonyl (C=O) groups excluding carboxylic acids is 1. The van der Waals surface area contributed by atoms with Crippen molar-refractivity contribution >= 4 is 52.1 Å². The Labute approximate surface area is 213 Å².